The van der Waals surface area contributed by atoms with Crippen molar-refractivity contribution in [2.24, 2.45) is 5.73 Å². The highest BCUT2D eigenvalue weighted by Gasteiger charge is 2.36. The summed E-state index contributed by atoms with van der Waals surface area (Å²) < 4.78 is 1.91. The van der Waals surface area contributed by atoms with E-state index in [1.165, 1.54) is 0 Å². The molecule has 5 heteroatoms. The van der Waals surface area contributed by atoms with Gasteiger partial charge in [0, 0.05) is 25.0 Å². The van der Waals surface area contributed by atoms with Crippen molar-refractivity contribution in [3.8, 4) is 0 Å². The van der Waals surface area contributed by atoms with Crippen molar-refractivity contribution < 1.29 is 4.79 Å². The summed E-state index contributed by atoms with van der Waals surface area (Å²) in [4.78, 5) is 11.5. The maximum atomic E-state index is 11.5. The maximum Gasteiger partial charge on any atom is 0.237 e. The molecule has 1 heterocycles. The summed E-state index contributed by atoms with van der Waals surface area (Å²) in [6.07, 6.45) is 8.83. The second kappa shape index (κ2) is 5.52. The summed E-state index contributed by atoms with van der Waals surface area (Å²) in [7, 11) is 0. The molecular weight excluding hydrogens is 228 g/mol. The summed E-state index contributed by atoms with van der Waals surface area (Å²) in [5.74, 6) is -0.242. The Labute approximate surface area is 108 Å². The van der Waals surface area contributed by atoms with Crippen LogP contribution in [0.4, 0.5) is 0 Å². The topological polar surface area (TPSA) is 72.9 Å². The zero-order valence-electron chi connectivity index (χ0n) is 10.9. The fourth-order valence-corrected chi connectivity index (χ4v) is 2.13. The molecule has 2 rings (SSSR count). The largest absolute Gasteiger partial charge is 0.368 e. The molecule has 18 heavy (non-hydrogen) atoms. The quantitative estimate of drug-likeness (QED) is 0.677. The van der Waals surface area contributed by atoms with Gasteiger partial charge in [-0.1, -0.05) is 0 Å². The molecule has 3 N–H and O–H groups in total. The number of nitrogens with zero attached hydrogens (tertiary/aromatic N) is 2. The second-order valence-corrected chi connectivity index (χ2v) is 5.34. The highest BCUT2D eigenvalue weighted by atomic mass is 16.1. The number of carbonyl (C=O) groups excluding carboxylic acids is 1. The van der Waals surface area contributed by atoms with Crippen LogP contribution in [0.5, 0.6) is 0 Å². The first-order chi connectivity index (χ1) is 8.60. The van der Waals surface area contributed by atoms with Gasteiger partial charge < -0.3 is 11.1 Å². The standard InChI is InChI=1S/C13H22N4O/c1-13(12(14)18,16-11-5-6-11)7-2-3-9-17-10-4-8-15-17/h4,8,10-11,16H,2-3,5-7,9H2,1H3,(H2,14,18). The lowest BCUT2D eigenvalue weighted by atomic mass is 9.93. The van der Waals surface area contributed by atoms with Gasteiger partial charge in [0.2, 0.25) is 5.91 Å². The van der Waals surface area contributed by atoms with Gasteiger partial charge in [0.05, 0.1) is 5.54 Å². The number of primary amides is 1. The Hall–Kier alpha value is -1.36. The molecular formula is C13H22N4O. The molecule has 0 bridgehead atoms. The van der Waals surface area contributed by atoms with Crippen LogP contribution in [-0.4, -0.2) is 27.3 Å². The van der Waals surface area contributed by atoms with Gasteiger partial charge in [-0.3, -0.25) is 9.48 Å². The third-order valence-corrected chi connectivity index (χ3v) is 3.52. The molecule has 0 spiro atoms. The predicted molar refractivity (Wildman–Crippen MR) is 69.8 cm³/mol. The van der Waals surface area contributed by atoms with Crippen LogP contribution in [0.1, 0.15) is 39.0 Å². The van der Waals surface area contributed by atoms with E-state index in [0.29, 0.717) is 6.04 Å². The molecule has 1 aliphatic carbocycles. The zero-order chi connectivity index (χ0) is 13.0. The number of unbranched alkanes of at least 4 members (excludes halogenated alkanes) is 1. The zero-order valence-corrected chi connectivity index (χ0v) is 10.9. The van der Waals surface area contributed by atoms with Crippen LogP contribution in [-0.2, 0) is 11.3 Å². The lowest BCUT2D eigenvalue weighted by Gasteiger charge is -2.27. The molecule has 1 fully saturated rings. The Kier molecular flexibility index (Phi) is 4.01. The Balaban J connectivity index is 1.73. The van der Waals surface area contributed by atoms with E-state index in [1.807, 2.05) is 23.9 Å². The maximum absolute atomic E-state index is 11.5. The van der Waals surface area contributed by atoms with Crippen molar-refractivity contribution in [1.82, 2.24) is 15.1 Å². The van der Waals surface area contributed by atoms with Crippen LogP contribution in [0.25, 0.3) is 0 Å². The number of aromatic nitrogens is 2. The monoisotopic (exact) mass is 250 g/mol. The first-order valence-electron chi connectivity index (χ1n) is 6.65. The van der Waals surface area contributed by atoms with Gasteiger partial charge in [-0.15, -0.1) is 0 Å². The average molecular weight is 250 g/mol. The van der Waals surface area contributed by atoms with E-state index >= 15 is 0 Å². The fraction of sp³-hybridized carbons (Fsp3) is 0.692. The summed E-state index contributed by atoms with van der Waals surface area (Å²) in [5, 5.41) is 7.52. The van der Waals surface area contributed by atoms with Gasteiger partial charge in [0.25, 0.3) is 0 Å². The third-order valence-electron chi connectivity index (χ3n) is 3.52. The average Bonchev–Trinajstić information content (AvgIpc) is 2.97. The Morgan fingerprint density at radius 1 is 1.56 bits per heavy atom. The van der Waals surface area contributed by atoms with Crippen LogP contribution in [0.15, 0.2) is 18.5 Å². The van der Waals surface area contributed by atoms with E-state index in [9.17, 15) is 4.79 Å². The van der Waals surface area contributed by atoms with Crippen molar-refractivity contribution in [3.05, 3.63) is 18.5 Å². The molecule has 0 aliphatic heterocycles. The molecule has 1 amide bonds. The van der Waals surface area contributed by atoms with Crippen LogP contribution in [0.2, 0.25) is 0 Å². The molecule has 100 valence electrons. The van der Waals surface area contributed by atoms with E-state index < -0.39 is 5.54 Å². The van der Waals surface area contributed by atoms with Gasteiger partial charge in [-0.25, -0.2) is 0 Å². The van der Waals surface area contributed by atoms with Crippen LogP contribution < -0.4 is 11.1 Å². The minimum atomic E-state index is -0.550. The highest BCUT2D eigenvalue weighted by Crippen LogP contribution is 2.25. The lowest BCUT2D eigenvalue weighted by Crippen LogP contribution is -2.53. The predicted octanol–water partition coefficient (Wildman–Crippen LogP) is 1.05. The third kappa shape index (κ3) is 3.57. The van der Waals surface area contributed by atoms with Crippen molar-refractivity contribution in [1.29, 1.82) is 0 Å². The molecule has 1 aromatic heterocycles. The van der Waals surface area contributed by atoms with E-state index in [1.54, 1.807) is 6.20 Å². The second-order valence-electron chi connectivity index (χ2n) is 5.34. The normalized spacial score (nSPS) is 18.5. The van der Waals surface area contributed by atoms with Gasteiger partial charge in [-0.05, 0) is 45.1 Å². The number of carbonyl (C=O) groups is 1. The highest BCUT2D eigenvalue weighted by molar-refractivity contribution is 5.84. The molecule has 1 aliphatic rings. The van der Waals surface area contributed by atoms with Crippen LogP contribution in [0.3, 0.4) is 0 Å². The summed E-state index contributed by atoms with van der Waals surface area (Å²) >= 11 is 0. The van der Waals surface area contributed by atoms with E-state index in [-0.39, 0.29) is 5.91 Å². The van der Waals surface area contributed by atoms with Crippen molar-refractivity contribution in [3.63, 3.8) is 0 Å². The molecule has 1 saturated carbocycles. The van der Waals surface area contributed by atoms with Gasteiger partial charge in [0.1, 0.15) is 0 Å². The number of amides is 1. The number of nitrogens with two attached hydrogens (primary N) is 1. The minimum Gasteiger partial charge on any atom is -0.368 e. The van der Waals surface area contributed by atoms with Crippen molar-refractivity contribution in [2.75, 3.05) is 0 Å². The van der Waals surface area contributed by atoms with E-state index in [4.69, 9.17) is 5.73 Å². The first-order valence-corrected chi connectivity index (χ1v) is 6.65. The van der Waals surface area contributed by atoms with Gasteiger partial charge in [-0.2, -0.15) is 5.10 Å². The van der Waals surface area contributed by atoms with Crippen LogP contribution in [0, 0.1) is 0 Å². The fourth-order valence-electron chi connectivity index (χ4n) is 2.13. The Morgan fingerprint density at radius 3 is 2.89 bits per heavy atom. The molecule has 1 unspecified atom stereocenters. The number of rotatable bonds is 8. The van der Waals surface area contributed by atoms with Crippen molar-refractivity contribution in [2.45, 2.75) is 57.2 Å². The summed E-state index contributed by atoms with van der Waals surface area (Å²) in [5.41, 5.74) is 4.95. The number of nitrogens with one attached hydrogen (secondary N) is 1. The van der Waals surface area contributed by atoms with Gasteiger partial charge in [0.15, 0.2) is 0 Å². The van der Waals surface area contributed by atoms with Crippen molar-refractivity contribution >= 4 is 5.91 Å². The molecule has 1 atom stereocenters. The number of aryl methyl sites for hydroxylation is 1. The summed E-state index contributed by atoms with van der Waals surface area (Å²) in [6.45, 7) is 2.81. The van der Waals surface area contributed by atoms with E-state index in [2.05, 4.69) is 10.4 Å². The molecule has 0 aromatic carbocycles. The number of hydrogen-bond acceptors (Lipinski definition) is 3. The summed E-state index contributed by atoms with van der Waals surface area (Å²) in [6, 6.07) is 2.41. The smallest absolute Gasteiger partial charge is 0.237 e. The minimum absolute atomic E-state index is 0.242. The SMILES string of the molecule is CC(CCCCn1cccn1)(NC1CC1)C(N)=O. The van der Waals surface area contributed by atoms with Gasteiger partial charge >= 0.3 is 0 Å². The lowest BCUT2D eigenvalue weighted by molar-refractivity contribution is -0.124. The molecule has 1 aromatic rings. The molecule has 0 saturated heterocycles. The molecule has 0 radical (unpaired) electrons. The first kappa shape index (κ1) is 13.1. The van der Waals surface area contributed by atoms with E-state index in [0.717, 1.165) is 38.6 Å². The Bertz CT molecular complexity index is 386. The Morgan fingerprint density at radius 2 is 2.33 bits per heavy atom. The molecule has 5 nitrogen and oxygen atoms in total. The number of hydrogen-bond donors (Lipinski definition) is 2. The van der Waals surface area contributed by atoms with Crippen LogP contribution >= 0.6 is 0 Å².